The van der Waals surface area contributed by atoms with Crippen LogP contribution in [0.2, 0.25) is 0 Å². The Labute approximate surface area is 120 Å². The molecule has 2 atom stereocenters. The van der Waals surface area contributed by atoms with Crippen LogP contribution in [0.4, 0.5) is 0 Å². The summed E-state index contributed by atoms with van der Waals surface area (Å²) in [5.74, 6) is 0.683. The van der Waals surface area contributed by atoms with Crippen LogP contribution in [0.3, 0.4) is 0 Å². The minimum atomic E-state index is 0.308. The van der Waals surface area contributed by atoms with Gasteiger partial charge in [0.25, 0.3) is 0 Å². The zero-order valence-corrected chi connectivity index (χ0v) is 11.9. The van der Waals surface area contributed by atoms with Gasteiger partial charge in [-0.1, -0.05) is 25.1 Å². The highest BCUT2D eigenvalue weighted by Gasteiger charge is 2.22. The number of likely N-dealkylation sites (tertiary alicyclic amines) is 1. The van der Waals surface area contributed by atoms with Crippen molar-refractivity contribution in [1.82, 2.24) is 14.7 Å². The summed E-state index contributed by atoms with van der Waals surface area (Å²) < 4.78 is 1.93. The van der Waals surface area contributed by atoms with Gasteiger partial charge in [0.1, 0.15) is 0 Å². The number of hydrogen-bond donors (Lipinski definition) is 1. The Kier molecular flexibility index (Phi) is 3.85. The van der Waals surface area contributed by atoms with E-state index in [0.717, 1.165) is 31.7 Å². The summed E-state index contributed by atoms with van der Waals surface area (Å²) in [6, 6.07) is 10.5. The molecule has 1 aromatic carbocycles. The number of nitrogens with zero attached hydrogens (tertiary/aromatic N) is 3. The first-order valence-electron chi connectivity index (χ1n) is 7.27. The minimum Gasteiger partial charge on any atom is -0.327 e. The van der Waals surface area contributed by atoms with Crippen LogP contribution >= 0.6 is 0 Å². The van der Waals surface area contributed by atoms with E-state index in [0.29, 0.717) is 12.0 Å². The van der Waals surface area contributed by atoms with E-state index in [-0.39, 0.29) is 0 Å². The molecule has 0 bridgehead atoms. The first-order valence-corrected chi connectivity index (χ1v) is 7.27. The number of benzene rings is 1. The number of nitrogens with two attached hydrogens (primary N) is 1. The van der Waals surface area contributed by atoms with Crippen molar-refractivity contribution in [2.24, 2.45) is 11.7 Å². The molecule has 1 saturated heterocycles. The maximum absolute atomic E-state index is 6.10. The lowest BCUT2D eigenvalue weighted by molar-refractivity contribution is 0.158. The summed E-state index contributed by atoms with van der Waals surface area (Å²) in [5, 5.41) is 4.45. The van der Waals surface area contributed by atoms with Crippen molar-refractivity contribution >= 4 is 0 Å². The van der Waals surface area contributed by atoms with Crippen molar-refractivity contribution in [2.75, 3.05) is 13.1 Å². The smallest absolute Gasteiger partial charge is 0.0645 e. The van der Waals surface area contributed by atoms with Gasteiger partial charge in [-0.25, -0.2) is 4.68 Å². The molecule has 4 heteroatoms. The van der Waals surface area contributed by atoms with Gasteiger partial charge >= 0.3 is 0 Å². The van der Waals surface area contributed by atoms with E-state index in [4.69, 9.17) is 5.73 Å². The average Bonchev–Trinajstić information content (AvgIpc) is 2.87. The van der Waals surface area contributed by atoms with Gasteiger partial charge in [0.15, 0.2) is 0 Å². The largest absolute Gasteiger partial charge is 0.327 e. The molecule has 1 aliphatic heterocycles. The standard InChI is InChI=1S/C16H22N4/c1-13-7-15(17)12-19(9-13)10-14-8-18-20(11-14)16-5-3-2-4-6-16/h2-6,8,11,13,15H,7,9-10,12,17H2,1H3. The van der Waals surface area contributed by atoms with E-state index in [1.54, 1.807) is 0 Å². The zero-order chi connectivity index (χ0) is 13.9. The average molecular weight is 270 g/mol. The fourth-order valence-electron chi connectivity index (χ4n) is 3.06. The van der Waals surface area contributed by atoms with Gasteiger partial charge in [-0.05, 0) is 24.5 Å². The first-order chi connectivity index (χ1) is 9.70. The molecule has 1 aromatic heterocycles. The Morgan fingerprint density at radius 3 is 2.80 bits per heavy atom. The van der Waals surface area contributed by atoms with Crippen molar-refractivity contribution in [2.45, 2.75) is 25.9 Å². The maximum Gasteiger partial charge on any atom is 0.0645 e. The highest BCUT2D eigenvalue weighted by Crippen LogP contribution is 2.17. The Morgan fingerprint density at radius 1 is 1.25 bits per heavy atom. The minimum absolute atomic E-state index is 0.308. The summed E-state index contributed by atoms with van der Waals surface area (Å²) in [7, 11) is 0. The molecule has 20 heavy (non-hydrogen) atoms. The quantitative estimate of drug-likeness (QED) is 0.928. The molecular formula is C16H22N4. The molecule has 3 rings (SSSR count). The van der Waals surface area contributed by atoms with Gasteiger partial charge in [0, 0.05) is 37.4 Å². The van der Waals surface area contributed by atoms with E-state index in [2.05, 4.69) is 35.3 Å². The van der Waals surface area contributed by atoms with Crippen LogP contribution in [0.15, 0.2) is 42.7 Å². The second-order valence-electron chi connectivity index (χ2n) is 5.92. The maximum atomic E-state index is 6.10. The summed E-state index contributed by atoms with van der Waals surface area (Å²) in [5.41, 5.74) is 8.45. The van der Waals surface area contributed by atoms with Crippen LogP contribution in [-0.2, 0) is 6.54 Å². The van der Waals surface area contributed by atoms with Crippen molar-refractivity contribution in [3.63, 3.8) is 0 Å². The number of hydrogen-bond acceptors (Lipinski definition) is 3. The number of para-hydroxylation sites is 1. The summed E-state index contributed by atoms with van der Waals surface area (Å²) in [6.07, 6.45) is 5.21. The summed E-state index contributed by atoms with van der Waals surface area (Å²) >= 11 is 0. The lowest BCUT2D eigenvalue weighted by atomic mass is 9.96. The number of piperidine rings is 1. The molecule has 0 aliphatic carbocycles. The first kappa shape index (κ1) is 13.3. The predicted octanol–water partition coefficient (Wildman–Crippen LogP) is 2.04. The fourth-order valence-corrected chi connectivity index (χ4v) is 3.06. The van der Waals surface area contributed by atoms with Crippen LogP contribution < -0.4 is 5.73 Å². The van der Waals surface area contributed by atoms with Crippen LogP contribution in [-0.4, -0.2) is 33.8 Å². The molecular weight excluding hydrogens is 248 g/mol. The Bertz CT molecular complexity index is 539. The lowest BCUT2D eigenvalue weighted by Gasteiger charge is -2.34. The molecule has 0 radical (unpaired) electrons. The predicted molar refractivity (Wildman–Crippen MR) is 80.6 cm³/mol. The number of aromatic nitrogens is 2. The topological polar surface area (TPSA) is 47.1 Å². The van der Waals surface area contributed by atoms with Gasteiger partial charge in [-0.2, -0.15) is 5.10 Å². The van der Waals surface area contributed by atoms with Gasteiger partial charge in [-0.15, -0.1) is 0 Å². The normalized spacial score (nSPS) is 23.9. The van der Waals surface area contributed by atoms with Crippen LogP contribution in [0.25, 0.3) is 5.69 Å². The molecule has 0 amide bonds. The van der Waals surface area contributed by atoms with Crippen molar-refractivity contribution in [1.29, 1.82) is 0 Å². The van der Waals surface area contributed by atoms with Crippen LogP contribution in [0, 0.1) is 5.92 Å². The van der Waals surface area contributed by atoms with Gasteiger partial charge in [0.2, 0.25) is 0 Å². The Balaban J connectivity index is 1.68. The molecule has 106 valence electrons. The monoisotopic (exact) mass is 270 g/mol. The number of rotatable bonds is 3. The van der Waals surface area contributed by atoms with E-state index < -0.39 is 0 Å². The highest BCUT2D eigenvalue weighted by atomic mass is 15.3. The summed E-state index contributed by atoms with van der Waals surface area (Å²) in [6.45, 7) is 5.33. The van der Waals surface area contributed by atoms with Gasteiger partial charge in [0.05, 0.1) is 11.9 Å². The second kappa shape index (κ2) is 5.77. The van der Waals surface area contributed by atoms with Crippen molar-refractivity contribution in [3.8, 4) is 5.69 Å². The molecule has 0 spiro atoms. The molecule has 4 nitrogen and oxygen atoms in total. The molecule has 1 aliphatic rings. The van der Waals surface area contributed by atoms with Crippen molar-refractivity contribution in [3.05, 3.63) is 48.3 Å². The van der Waals surface area contributed by atoms with E-state index in [1.807, 2.05) is 29.1 Å². The van der Waals surface area contributed by atoms with Gasteiger partial charge < -0.3 is 5.73 Å². The van der Waals surface area contributed by atoms with Gasteiger partial charge in [-0.3, -0.25) is 4.90 Å². The van der Waals surface area contributed by atoms with E-state index in [9.17, 15) is 0 Å². The molecule has 2 N–H and O–H groups in total. The summed E-state index contributed by atoms with van der Waals surface area (Å²) in [4.78, 5) is 2.44. The second-order valence-corrected chi connectivity index (χ2v) is 5.92. The molecule has 2 unspecified atom stereocenters. The highest BCUT2D eigenvalue weighted by molar-refractivity contribution is 5.30. The van der Waals surface area contributed by atoms with Crippen LogP contribution in [0.1, 0.15) is 18.9 Å². The fraction of sp³-hybridized carbons (Fsp3) is 0.438. The zero-order valence-electron chi connectivity index (χ0n) is 11.9. The third kappa shape index (κ3) is 3.08. The Morgan fingerprint density at radius 2 is 2.05 bits per heavy atom. The molecule has 0 saturated carbocycles. The Hall–Kier alpha value is -1.65. The van der Waals surface area contributed by atoms with Crippen LogP contribution in [0.5, 0.6) is 0 Å². The molecule has 2 aromatic rings. The third-order valence-electron chi connectivity index (χ3n) is 3.83. The third-order valence-corrected chi connectivity index (χ3v) is 3.83. The SMILES string of the molecule is CC1CC(N)CN(Cc2cnn(-c3ccccc3)c2)C1. The van der Waals surface area contributed by atoms with Crippen molar-refractivity contribution < 1.29 is 0 Å². The lowest BCUT2D eigenvalue weighted by Crippen LogP contribution is -2.45. The van der Waals surface area contributed by atoms with E-state index in [1.165, 1.54) is 5.56 Å². The molecule has 1 fully saturated rings. The van der Waals surface area contributed by atoms with E-state index >= 15 is 0 Å². The molecule has 2 heterocycles.